The van der Waals surface area contributed by atoms with Gasteiger partial charge < -0.3 is 35.0 Å². The molecule has 206 valence electrons. The molecule has 2 aliphatic heterocycles. The normalized spacial score (nSPS) is 18.8. The van der Waals surface area contributed by atoms with Gasteiger partial charge in [0.25, 0.3) is 5.92 Å². The summed E-state index contributed by atoms with van der Waals surface area (Å²) in [5, 5.41) is 16.4. The number of fused-ring (bicyclic) bond motifs is 1. The molecule has 3 heterocycles. The van der Waals surface area contributed by atoms with Crippen molar-refractivity contribution in [3.8, 4) is 11.5 Å². The SMILES string of the molecule is COc1cc2c(N[C@H](C)CNCCO)nc(N3CCC(F)(F)CC3)nc2cc1OCCCN1CCCC1. The van der Waals surface area contributed by atoms with Crippen LogP contribution in [-0.2, 0) is 0 Å². The number of rotatable bonds is 13. The second-order valence-electron chi connectivity index (χ2n) is 9.96. The summed E-state index contributed by atoms with van der Waals surface area (Å²) in [7, 11) is 1.61. The molecule has 2 aromatic rings. The molecule has 4 rings (SSSR count). The lowest BCUT2D eigenvalue weighted by molar-refractivity contribution is -0.0222. The van der Waals surface area contributed by atoms with Crippen molar-refractivity contribution in [1.82, 2.24) is 20.2 Å². The lowest BCUT2D eigenvalue weighted by Crippen LogP contribution is -2.40. The van der Waals surface area contributed by atoms with Crippen molar-refractivity contribution < 1.29 is 23.4 Å². The standard InChI is InChI=1S/C26H40F2N6O3/c1-19(18-29-8-14-35)30-24-20-16-22(36-2)23(37-15-5-11-33-9-3-4-10-33)17-21(20)31-25(32-24)34-12-6-26(27,28)7-13-34/h16-17,19,29,35H,3-15,18H2,1-2H3,(H,30,31,32)/t19-/m1/s1. The largest absolute Gasteiger partial charge is 0.493 e. The second-order valence-corrected chi connectivity index (χ2v) is 9.96. The minimum Gasteiger partial charge on any atom is -0.493 e. The number of methoxy groups -OCH3 is 1. The minimum atomic E-state index is -2.65. The van der Waals surface area contributed by atoms with Crippen molar-refractivity contribution in [3.63, 3.8) is 0 Å². The number of hydrogen-bond acceptors (Lipinski definition) is 9. The van der Waals surface area contributed by atoms with Gasteiger partial charge in [0.2, 0.25) is 5.95 Å². The zero-order valence-electron chi connectivity index (χ0n) is 21.9. The van der Waals surface area contributed by atoms with E-state index in [0.717, 1.165) is 31.4 Å². The lowest BCUT2D eigenvalue weighted by Gasteiger charge is -2.32. The van der Waals surface area contributed by atoms with Gasteiger partial charge in [0, 0.05) is 63.1 Å². The van der Waals surface area contributed by atoms with E-state index < -0.39 is 5.92 Å². The number of piperidine rings is 1. The Hall–Kier alpha value is -2.50. The van der Waals surface area contributed by atoms with Gasteiger partial charge in [0.1, 0.15) is 5.82 Å². The van der Waals surface area contributed by atoms with E-state index in [1.165, 1.54) is 12.8 Å². The fourth-order valence-corrected chi connectivity index (χ4v) is 4.84. The average Bonchev–Trinajstić information content (AvgIpc) is 3.40. The van der Waals surface area contributed by atoms with Crippen LogP contribution in [0.3, 0.4) is 0 Å². The van der Waals surface area contributed by atoms with Crippen LogP contribution in [0.25, 0.3) is 10.9 Å². The molecule has 1 atom stereocenters. The first-order valence-electron chi connectivity index (χ1n) is 13.3. The molecule has 2 saturated heterocycles. The maximum atomic E-state index is 13.8. The van der Waals surface area contributed by atoms with Crippen molar-refractivity contribution >= 4 is 22.7 Å². The molecule has 3 N–H and O–H groups in total. The fraction of sp³-hybridized carbons (Fsp3) is 0.692. The summed E-state index contributed by atoms with van der Waals surface area (Å²) in [6.07, 6.45) is 3.02. The molecule has 0 aliphatic carbocycles. The summed E-state index contributed by atoms with van der Waals surface area (Å²) in [6, 6.07) is 3.72. The first-order chi connectivity index (χ1) is 17.9. The number of ether oxygens (including phenoxy) is 2. The number of anilines is 2. The Kier molecular flexibility index (Phi) is 9.55. The summed E-state index contributed by atoms with van der Waals surface area (Å²) in [4.78, 5) is 13.8. The number of aliphatic hydroxyl groups is 1. The number of nitrogens with one attached hydrogen (secondary N) is 2. The number of aliphatic hydroxyl groups excluding tert-OH is 1. The molecule has 1 aromatic carbocycles. The predicted octanol–water partition coefficient (Wildman–Crippen LogP) is 3.12. The van der Waals surface area contributed by atoms with Gasteiger partial charge in [0.05, 0.1) is 25.8 Å². The van der Waals surface area contributed by atoms with Gasteiger partial charge in [-0.3, -0.25) is 0 Å². The Morgan fingerprint density at radius 1 is 1.11 bits per heavy atom. The van der Waals surface area contributed by atoms with E-state index >= 15 is 0 Å². The van der Waals surface area contributed by atoms with Crippen LogP contribution in [0.15, 0.2) is 12.1 Å². The number of nitrogens with zero attached hydrogens (tertiary/aromatic N) is 4. The van der Waals surface area contributed by atoms with Crippen LogP contribution in [0, 0.1) is 0 Å². The molecule has 1 aromatic heterocycles. The maximum Gasteiger partial charge on any atom is 0.251 e. The summed E-state index contributed by atoms with van der Waals surface area (Å²) in [5.41, 5.74) is 0.663. The molecule has 2 fully saturated rings. The monoisotopic (exact) mass is 522 g/mol. The highest BCUT2D eigenvalue weighted by molar-refractivity contribution is 5.93. The van der Waals surface area contributed by atoms with E-state index in [4.69, 9.17) is 24.5 Å². The highest BCUT2D eigenvalue weighted by atomic mass is 19.3. The number of likely N-dealkylation sites (tertiary alicyclic amines) is 1. The topological polar surface area (TPSA) is 95.0 Å². The average molecular weight is 523 g/mol. The van der Waals surface area contributed by atoms with Crippen LogP contribution < -0.4 is 25.0 Å². The number of halogens is 2. The van der Waals surface area contributed by atoms with Gasteiger partial charge >= 0.3 is 0 Å². The van der Waals surface area contributed by atoms with Crippen molar-refractivity contribution in [2.24, 2.45) is 0 Å². The van der Waals surface area contributed by atoms with Gasteiger partial charge in [-0.05, 0) is 45.3 Å². The zero-order chi connectivity index (χ0) is 26.3. The maximum absolute atomic E-state index is 13.8. The lowest BCUT2D eigenvalue weighted by atomic mass is 10.1. The zero-order valence-corrected chi connectivity index (χ0v) is 21.9. The van der Waals surface area contributed by atoms with Gasteiger partial charge in [-0.15, -0.1) is 0 Å². The Balaban J connectivity index is 1.57. The molecule has 0 amide bonds. The molecule has 37 heavy (non-hydrogen) atoms. The minimum absolute atomic E-state index is 0.00398. The molecule has 0 unspecified atom stereocenters. The van der Waals surface area contributed by atoms with Gasteiger partial charge in [-0.1, -0.05) is 0 Å². The van der Waals surface area contributed by atoms with E-state index in [-0.39, 0.29) is 38.6 Å². The van der Waals surface area contributed by atoms with Gasteiger partial charge in [-0.25, -0.2) is 13.8 Å². The second kappa shape index (κ2) is 12.8. The molecular weight excluding hydrogens is 482 g/mol. The molecule has 0 spiro atoms. The summed E-state index contributed by atoms with van der Waals surface area (Å²) < 4.78 is 39.3. The van der Waals surface area contributed by atoms with Crippen molar-refractivity contribution in [1.29, 1.82) is 0 Å². The number of benzene rings is 1. The molecule has 9 nitrogen and oxygen atoms in total. The van der Waals surface area contributed by atoms with Crippen molar-refractivity contribution in [2.75, 3.05) is 76.4 Å². The number of hydrogen-bond donors (Lipinski definition) is 3. The summed E-state index contributed by atoms with van der Waals surface area (Å²) in [6.45, 7) is 7.47. The van der Waals surface area contributed by atoms with Crippen LogP contribution in [0.4, 0.5) is 20.5 Å². The molecule has 0 bridgehead atoms. The Bertz CT molecular complexity index is 1010. The molecule has 0 saturated carbocycles. The first-order valence-corrected chi connectivity index (χ1v) is 13.3. The van der Waals surface area contributed by atoms with E-state index in [1.54, 1.807) is 7.11 Å². The number of aromatic nitrogens is 2. The van der Waals surface area contributed by atoms with Crippen molar-refractivity contribution in [3.05, 3.63) is 12.1 Å². The summed E-state index contributed by atoms with van der Waals surface area (Å²) >= 11 is 0. The Morgan fingerprint density at radius 3 is 2.57 bits per heavy atom. The molecule has 11 heteroatoms. The molecule has 2 aliphatic rings. The third kappa shape index (κ3) is 7.52. The third-order valence-electron chi connectivity index (χ3n) is 6.94. The van der Waals surface area contributed by atoms with E-state index in [9.17, 15) is 8.78 Å². The van der Waals surface area contributed by atoms with Gasteiger partial charge in [0.15, 0.2) is 11.5 Å². The third-order valence-corrected chi connectivity index (χ3v) is 6.94. The van der Waals surface area contributed by atoms with E-state index in [1.807, 2.05) is 24.0 Å². The van der Waals surface area contributed by atoms with E-state index in [0.29, 0.717) is 48.5 Å². The highest BCUT2D eigenvalue weighted by Crippen LogP contribution is 2.36. The smallest absolute Gasteiger partial charge is 0.251 e. The van der Waals surface area contributed by atoms with Crippen LogP contribution >= 0.6 is 0 Å². The van der Waals surface area contributed by atoms with Crippen molar-refractivity contribution in [2.45, 2.75) is 51.0 Å². The number of alkyl halides is 2. The quantitative estimate of drug-likeness (QED) is 0.343. The first kappa shape index (κ1) is 27.5. The Labute approximate surface area is 217 Å². The fourth-order valence-electron chi connectivity index (χ4n) is 4.84. The van der Waals surface area contributed by atoms with Crippen LogP contribution in [0.5, 0.6) is 11.5 Å². The molecule has 0 radical (unpaired) electrons. The highest BCUT2D eigenvalue weighted by Gasteiger charge is 2.35. The van der Waals surface area contributed by atoms with Crippen LogP contribution in [0.1, 0.15) is 39.0 Å². The van der Waals surface area contributed by atoms with Crippen LogP contribution in [-0.4, -0.2) is 98.1 Å². The van der Waals surface area contributed by atoms with Crippen LogP contribution in [0.2, 0.25) is 0 Å². The molecular formula is C26H40F2N6O3. The summed E-state index contributed by atoms with van der Waals surface area (Å²) in [5.74, 6) is -0.419. The predicted molar refractivity (Wildman–Crippen MR) is 141 cm³/mol. The van der Waals surface area contributed by atoms with Gasteiger partial charge in [-0.2, -0.15) is 4.98 Å². The Morgan fingerprint density at radius 2 is 1.86 bits per heavy atom. The van der Waals surface area contributed by atoms with E-state index in [2.05, 4.69) is 15.5 Å².